The first-order valence-electron chi connectivity index (χ1n) is 7.38. The van der Waals surface area contributed by atoms with Gasteiger partial charge in [-0.3, -0.25) is 4.79 Å². The van der Waals surface area contributed by atoms with Gasteiger partial charge in [0.05, 0.1) is 6.54 Å². The molecule has 1 unspecified atom stereocenters. The number of alkyl carbamates (subject to hydrolysis) is 1. The second-order valence-electron chi connectivity index (χ2n) is 6.12. The van der Waals surface area contributed by atoms with E-state index in [1.807, 2.05) is 0 Å². The number of nitrogens with one attached hydrogen (secondary N) is 1. The van der Waals surface area contributed by atoms with Crippen LogP contribution in [0.4, 0.5) is 4.79 Å². The number of carbonyl (C=O) groups is 2. The third-order valence-corrected chi connectivity index (χ3v) is 4.34. The summed E-state index contributed by atoms with van der Waals surface area (Å²) >= 11 is 0. The molecule has 1 aliphatic carbocycles. The molecule has 0 aromatic rings. The topological polar surface area (TPSA) is 58.6 Å². The number of hydrogen-bond acceptors (Lipinski definition) is 3. The van der Waals surface area contributed by atoms with Crippen molar-refractivity contribution < 1.29 is 15.8 Å². The summed E-state index contributed by atoms with van der Waals surface area (Å²) in [6.07, 6.45) is 3.53. The van der Waals surface area contributed by atoms with Crippen molar-refractivity contribution in [2.75, 3.05) is 13.1 Å². The van der Waals surface area contributed by atoms with Crippen LogP contribution < -0.4 is 5.32 Å². The molecule has 2 fully saturated rings. The van der Waals surface area contributed by atoms with Crippen LogP contribution in [0.5, 0.6) is 0 Å². The first-order chi connectivity index (χ1) is 9.49. The fraction of sp³-hybridized carbons (Fsp3) is 0.733. The van der Waals surface area contributed by atoms with Gasteiger partial charge in [-0.05, 0) is 30.8 Å². The second-order valence-corrected chi connectivity index (χ2v) is 6.12. The largest absolute Gasteiger partial charge is 0.444 e. The monoisotopic (exact) mass is 282 g/mol. The van der Waals surface area contributed by atoms with Crippen LogP contribution >= 0.6 is 0 Å². The molecule has 0 aromatic carbocycles. The van der Waals surface area contributed by atoms with Crippen molar-refractivity contribution in [1.82, 2.24) is 10.2 Å². The van der Waals surface area contributed by atoms with E-state index in [1.165, 1.54) is 6.08 Å². The molecule has 2 amide bonds. The summed E-state index contributed by atoms with van der Waals surface area (Å²) in [6, 6.07) is 0.252. The molecule has 1 saturated heterocycles. The molecule has 0 radical (unpaired) electrons. The maximum absolute atomic E-state index is 11.8. The fourth-order valence-corrected chi connectivity index (χ4v) is 2.83. The minimum absolute atomic E-state index is 0. The number of hydrogen-bond donors (Lipinski definition) is 1. The Bertz CT molecular complexity index is 394. The molecule has 0 bridgehead atoms. The van der Waals surface area contributed by atoms with E-state index in [4.69, 9.17) is 4.74 Å². The van der Waals surface area contributed by atoms with Crippen molar-refractivity contribution in [3.8, 4) is 0 Å². The Morgan fingerprint density at radius 3 is 2.75 bits per heavy atom. The van der Waals surface area contributed by atoms with E-state index >= 15 is 0 Å². The van der Waals surface area contributed by atoms with E-state index in [-0.39, 0.29) is 25.6 Å². The summed E-state index contributed by atoms with van der Waals surface area (Å²) < 4.78 is 5.36. The summed E-state index contributed by atoms with van der Waals surface area (Å²) in [5.41, 5.74) is 0. The third-order valence-electron chi connectivity index (χ3n) is 4.34. The van der Waals surface area contributed by atoms with Crippen LogP contribution in [0.25, 0.3) is 0 Å². The number of nitrogens with zero attached hydrogens (tertiary/aromatic N) is 1. The molecule has 1 heterocycles. The molecule has 1 saturated carbocycles. The first kappa shape index (κ1) is 14.9. The molecule has 1 N–H and O–H groups in total. The zero-order chi connectivity index (χ0) is 14.7. The van der Waals surface area contributed by atoms with Crippen molar-refractivity contribution in [2.45, 2.75) is 45.3 Å². The van der Waals surface area contributed by atoms with Gasteiger partial charge < -0.3 is 15.0 Å². The smallest absolute Gasteiger partial charge is 0.407 e. The Labute approximate surface area is 121 Å². The van der Waals surface area contributed by atoms with E-state index in [0.717, 1.165) is 12.8 Å². The zero-order valence-corrected chi connectivity index (χ0v) is 12.3. The summed E-state index contributed by atoms with van der Waals surface area (Å²) in [7, 11) is 0. The van der Waals surface area contributed by atoms with Crippen LogP contribution in [0.15, 0.2) is 12.7 Å². The van der Waals surface area contributed by atoms with Crippen LogP contribution in [0.3, 0.4) is 0 Å². The summed E-state index contributed by atoms with van der Waals surface area (Å²) in [4.78, 5) is 24.9. The highest BCUT2D eigenvalue weighted by molar-refractivity contribution is 5.87. The molecule has 114 valence electrons. The van der Waals surface area contributed by atoms with Crippen molar-refractivity contribution >= 4 is 12.0 Å². The van der Waals surface area contributed by atoms with Gasteiger partial charge in [-0.25, -0.2) is 4.79 Å². The van der Waals surface area contributed by atoms with Gasteiger partial charge in [-0.2, -0.15) is 0 Å². The molecule has 5 heteroatoms. The molecule has 0 aromatic heterocycles. The van der Waals surface area contributed by atoms with Crippen LogP contribution in [-0.2, 0) is 9.53 Å². The van der Waals surface area contributed by atoms with Crippen LogP contribution in [0.2, 0.25) is 0 Å². The van der Waals surface area contributed by atoms with Crippen molar-refractivity contribution in [1.29, 1.82) is 0 Å². The zero-order valence-electron chi connectivity index (χ0n) is 12.3. The highest BCUT2D eigenvalue weighted by Crippen LogP contribution is 2.33. The van der Waals surface area contributed by atoms with Gasteiger partial charge in [0.25, 0.3) is 0 Å². The lowest BCUT2D eigenvalue weighted by atomic mass is 9.74. The SMILES string of the molecule is C=CC(=O)N1CCC(OC(=O)NC2CC(C(C)C)C2)C1.[HH]. The summed E-state index contributed by atoms with van der Waals surface area (Å²) in [6.45, 7) is 8.98. The Balaban J connectivity index is 0.00000220. The Morgan fingerprint density at radius 2 is 2.15 bits per heavy atom. The van der Waals surface area contributed by atoms with Gasteiger partial charge in [0.15, 0.2) is 0 Å². The van der Waals surface area contributed by atoms with E-state index in [0.29, 0.717) is 31.3 Å². The highest BCUT2D eigenvalue weighted by Gasteiger charge is 2.33. The quantitative estimate of drug-likeness (QED) is 0.804. The molecule has 2 rings (SSSR count). The lowest BCUT2D eigenvalue weighted by Gasteiger charge is -2.38. The van der Waals surface area contributed by atoms with Crippen LogP contribution in [-0.4, -0.2) is 42.1 Å². The minimum Gasteiger partial charge on any atom is -0.444 e. The standard InChI is InChI=1S/C15H24N2O3.H2/c1-4-14(18)17-6-5-13(9-17)20-15(19)16-12-7-11(8-12)10(2)3;/h4,10-13H,1,5-9H2,2-3H3,(H,16,19);1H. The number of amides is 2. The molecule has 1 atom stereocenters. The summed E-state index contributed by atoms with van der Waals surface area (Å²) in [5, 5.41) is 2.90. The third kappa shape index (κ3) is 3.52. The van der Waals surface area contributed by atoms with Crippen molar-refractivity contribution in [2.24, 2.45) is 11.8 Å². The average Bonchev–Trinajstić information content (AvgIpc) is 2.80. The normalized spacial score (nSPS) is 28.9. The van der Waals surface area contributed by atoms with Gasteiger partial charge in [0.2, 0.25) is 5.91 Å². The Hall–Kier alpha value is -1.52. The summed E-state index contributed by atoms with van der Waals surface area (Å²) in [5.74, 6) is 1.29. The first-order valence-corrected chi connectivity index (χ1v) is 7.38. The van der Waals surface area contributed by atoms with E-state index in [2.05, 4.69) is 25.7 Å². The number of likely N-dealkylation sites (tertiary alicyclic amines) is 1. The molecule has 2 aliphatic rings. The maximum atomic E-state index is 11.8. The fourth-order valence-electron chi connectivity index (χ4n) is 2.83. The predicted octanol–water partition coefficient (Wildman–Crippen LogP) is 2.18. The van der Waals surface area contributed by atoms with E-state index in [1.54, 1.807) is 4.90 Å². The minimum atomic E-state index is -0.352. The highest BCUT2D eigenvalue weighted by atomic mass is 16.6. The van der Waals surface area contributed by atoms with Crippen LogP contribution in [0.1, 0.15) is 34.5 Å². The number of ether oxygens (including phenoxy) is 1. The van der Waals surface area contributed by atoms with E-state index < -0.39 is 0 Å². The molecule has 20 heavy (non-hydrogen) atoms. The van der Waals surface area contributed by atoms with E-state index in [9.17, 15) is 9.59 Å². The maximum Gasteiger partial charge on any atom is 0.407 e. The van der Waals surface area contributed by atoms with Gasteiger partial charge in [0, 0.05) is 20.4 Å². The molecule has 0 spiro atoms. The second kappa shape index (κ2) is 6.29. The van der Waals surface area contributed by atoms with Crippen molar-refractivity contribution in [3.05, 3.63) is 12.7 Å². The Morgan fingerprint density at radius 1 is 1.45 bits per heavy atom. The molecule has 5 nitrogen and oxygen atoms in total. The van der Waals surface area contributed by atoms with Crippen molar-refractivity contribution in [3.63, 3.8) is 0 Å². The van der Waals surface area contributed by atoms with Gasteiger partial charge >= 0.3 is 6.09 Å². The Kier molecular flexibility index (Phi) is 4.68. The number of carbonyl (C=O) groups excluding carboxylic acids is 2. The lowest BCUT2D eigenvalue weighted by Crippen LogP contribution is -2.46. The number of rotatable bonds is 4. The van der Waals surface area contributed by atoms with Gasteiger partial charge in [0.1, 0.15) is 6.10 Å². The van der Waals surface area contributed by atoms with Gasteiger partial charge in [-0.15, -0.1) is 0 Å². The van der Waals surface area contributed by atoms with Crippen LogP contribution in [0, 0.1) is 11.8 Å². The molecular formula is C15H26N2O3. The molecule has 1 aliphatic heterocycles. The van der Waals surface area contributed by atoms with Gasteiger partial charge in [-0.1, -0.05) is 20.4 Å². The lowest BCUT2D eigenvalue weighted by molar-refractivity contribution is -0.125. The predicted molar refractivity (Wildman–Crippen MR) is 78.3 cm³/mol. The average molecular weight is 282 g/mol. The molecular weight excluding hydrogens is 256 g/mol.